The molecule has 0 radical (unpaired) electrons. The molecule has 3 rings (SSSR count). The zero-order valence-electron chi connectivity index (χ0n) is 15.1. The maximum atomic E-state index is 12.2. The van der Waals surface area contributed by atoms with Crippen LogP contribution in [-0.2, 0) is 20.7 Å². The van der Waals surface area contributed by atoms with Gasteiger partial charge in [-0.05, 0) is 43.7 Å². The highest BCUT2D eigenvalue weighted by molar-refractivity contribution is 5.89. The van der Waals surface area contributed by atoms with E-state index >= 15 is 0 Å². The minimum atomic E-state index is -0.403. The Morgan fingerprint density at radius 2 is 2.12 bits per heavy atom. The number of carbonyl (C=O) groups excluding carboxylic acids is 2. The fourth-order valence-corrected chi connectivity index (χ4v) is 3.38. The Kier molecular flexibility index (Phi) is 5.11. The van der Waals surface area contributed by atoms with Crippen molar-refractivity contribution in [2.24, 2.45) is 5.92 Å². The highest BCUT2D eigenvalue weighted by atomic mass is 16.5. The minimum Gasteiger partial charge on any atom is -0.464 e. The molecule has 0 spiro atoms. The molecule has 25 heavy (non-hydrogen) atoms. The molecule has 0 bridgehead atoms. The molecule has 1 fully saturated rings. The highest BCUT2D eigenvalue weighted by Crippen LogP contribution is 2.27. The van der Waals surface area contributed by atoms with Crippen molar-refractivity contribution in [3.63, 3.8) is 0 Å². The number of hydrogen-bond donors (Lipinski definition) is 0. The second-order valence-corrected chi connectivity index (χ2v) is 7.07. The van der Waals surface area contributed by atoms with Gasteiger partial charge in [-0.2, -0.15) is 0 Å². The van der Waals surface area contributed by atoms with Crippen LogP contribution < -0.4 is 0 Å². The van der Waals surface area contributed by atoms with E-state index in [1.807, 2.05) is 26.0 Å². The summed E-state index contributed by atoms with van der Waals surface area (Å²) in [6.07, 6.45) is 3.88. The first kappa shape index (κ1) is 17.5. The molecule has 1 aliphatic rings. The van der Waals surface area contributed by atoms with E-state index in [2.05, 4.69) is 6.92 Å². The number of furan rings is 1. The smallest absolute Gasteiger partial charge is 0.310 e. The maximum absolute atomic E-state index is 12.2. The summed E-state index contributed by atoms with van der Waals surface area (Å²) in [5.74, 6) is 0.000138. The average Bonchev–Trinajstić information content (AvgIpc) is 2.99. The van der Waals surface area contributed by atoms with Crippen LogP contribution in [0.25, 0.3) is 11.0 Å². The third-order valence-electron chi connectivity index (χ3n) is 5.04. The largest absolute Gasteiger partial charge is 0.464 e. The number of likely N-dealkylation sites (tertiary alicyclic amines) is 1. The van der Waals surface area contributed by atoms with Gasteiger partial charge in [0.05, 0.1) is 12.7 Å². The molecule has 1 aromatic carbocycles. The van der Waals surface area contributed by atoms with Gasteiger partial charge < -0.3 is 14.1 Å². The van der Waals surface area contributed by atoms with Gasteiger partial charge in [0.2, 0.25) is 0 Å². The summed E-state index contributed by atoms with van der Waals surface area (Å²) in [6.45, 7) is 7.49. The van der Waals surface area contributed by atoms with Crippen LogP contribution in [-0.4, -0.2) is 36.5 Å². The van der Waals surface area contributed by atoms with Crippen molar-refractivity contribution in [1.82, 2.24) is 4.90 Å². The Morgan fingerprint density at radius 3 is 2.88 bits per heavy atom. The van der Waals surface area contributed by atoms with Gasteiger partial charge in [-0.15, -0.1) is 0 Å². The van der Waals surface area contributed by atoms with Crippen molar-refractivity contribution in [2.75, 3.05) is 19.7 Å². The summed E-state index contributed by atoms with van der Waals surface area (Å²) in [7, 11) is 0. The Bertz CT molecular complexity index is 792. The van der Waals surface area contributed by atoms with Crippen molar-refractivity contribution in [3.8, 4) is 0 Å². The number of rotatable bonds is 4. The van der Waals surface area contributed by atoms with Crippen molar-refractivity contribution in [1.29, 1.82) is 0 Å². The molecule has 1 aliphatic heterocycles. The number of benzene rings is 1. The SMILES string of the molecule is Cc1ccc2c(CC(=O)OCC(=O)N3CCC[C@@H](C)C3)coc2c1C. The molecular formula is C20H25NO4. The number of aryl methyl sites for hydroxylation is 2. The zero-order chi connectivity index (χ0) is 18.0. The van der Waals surface area contributed by atoms with Crippen LogP contribution in [0, 0.1) is 19.8 Å². The monoisotopic (exact) mass is 343 g/mol. The van der Waals surface area contributed by atoms with Crippen LogP contribution in [0.3, 0.4) is 0 Å². The van der Waals surface area contributed by atoms with Gasteiger partial charge in [-0.3, -0.25) is 9.59 Å². The van der Waals surface area contributed by atoms with Crippen molar-refractivity contribution in [2.45, 2.75) is 40.0 Å². The molecule has 2 aromatic rings. The lowest BCUT2D eigenvalue weighted by Crippen LogP contribution is -2.41. The zero-order valence-corrected chi connectivity index (χ0v) is 15.1. The molecule has 5 heteroatoms. The number of fused-ring (bicyclic) bond motifs is 1. The molecule has 134 valence electrons. The van der Waals surface area contributed by atoms with Crippen LogP contribution in [0.4, 0.5) is 0 Å². The molecule has 2 heterocycles. The first-order chi connectivity index (χ1) is 12.0. The molecule has 1 atom stereocenters. The summed E-state index contributed by atoms with van der Waals surface area (Å²) in [4.78, 5) is 26.1. The van der Waals surface area contributed by atoms with Crippen LogP contribution in [0.1, 0.15) is 36.5 Å². The third kappa shape index (κ3) is 3.86. The van der Waals surface area contributed by atoms with Crippen molar-refractivity contribution >= 4 is 22.8 Å². The molecule has 0 saturated carbocycles. The van der Waals surface area contributed by atoms with Crippen LogP contribution >= 0.6 is 0 Å². The fraction of sp³-hybridized carbons (Fsp3) is 0.500. The minimum absolute atomic E-state index is 0.108. The molecular weight excluding hydrogens is 318 g/mol. The Balaban J connectivity index is 1.58. The third-order valence-corrected chi connectivity index (χ3v) is 5.04. The first-order valence-corrected chi connectivity index (χ1v) is 8.85. The van der Waals surface area contributed by atoms with Gasteiger partial charge in [0.1, 0.15) is 5.58 Å². The van der Waals surface area contributed by atoms with E-state index in [4.69, 9.17) is 9.15 Å². The van der Waals surface area contributed by atoms with E-state index in [0.717, 1.165) is 53.6 Å². The summed E-state index contributed by atoms with van der Waals surface area (Å²) < 4.78 is 10.8. The van der Waals surface area contributed by atoms with Gasteiger partial charge in [0.25, 0.3) is 5.91 Å². The van der Waals surface area contributed by atoms with E-state index in [1.165, 1.54) is 0 Å². The quantitative estimate of drug-likeness (QED) is 0.799. The number of amides is 1. The topological polar surface area (TPSA) is 59.8 Å². The van der Waals surface area contributed by atoms with Crippen LogP contribution in [0.5, 0.6) is 0 Å². The number of ether oxygens (including phenoxy) is 1. The van der Waals surface area contributed by atoms with E-state index in [1.54, 1.807) is 11.2 Å². The summed E-state index contributed by atoms with van der Waals surface area (Å²) >= 11 is 0. The molecule has 0 N–H and O–H groups in total. The van der Waals surface area contributed by atoms with Crippen LogP contribution in [0.15, 0.2) is 22.8 Å². The van der Waals surface area contributed by atoms with E-state index < -0.39 is 5.97 Å². The van der Waals surface area contributed by atoms with Crippen molar-refractivity contribution < 1.29 is 18.7 Å². The highest BCUT2D eigenvalue weighted by Gasteiger charge is 2.22. The number of hydrogen-bond acceptors (Lipinski definition) is 4. The van der Waals surface area contributed by atoms with Gasteiger partial charge in [0.15, 0.2) is 6.61 Å². The molecule has 5 nitrogen and oxygen atoms in total. The van der Waals surface area contributed by atoms with Gasteiger partial charge in [-0.1, -0.05) is 19.1 Å². The molecule has 1 amide bonds. The normalized spacial score (nSPS) is 17.7. The van der Waals surface area contributed by atoms with Crippen molar-refractivity contribution in [3.05, 3.63) is 35.1 Å². The number of nitrogens with zero attached hydrogens (tertiary/aromatic N) is 1. The second kappa shape index (κ2) is 7.30. The van der Waals surface area contributed by atoms with Crippen LogP contribution in [0.2, 0.25) is 0 Å². The lowest BCUT2D eigenvalue weighted by atomic mass is 10.0. The second-order valence-electron chi connectivity index (χ2n) is 7.07. The number of esters is 1. The molecule has 1 saturated heterocycles. The Hall–Kier alpha value is -2.30. The molecule has 0 aliphatic carbocycles. The number of piperidine rings is 1. The molecule has 0 unspecified atom stereocenters. The Labute approximate surface area is 147 Å². The van der Waals surface area contributed by atoms with E-state index in [0.29, 0.717) is 5.92 Å². The summed E-state index contributed by atoms with van der Waals surface area (Å²) in [5.41, 5.74) is 3.83. The maximum Gasteiger partial charge on any atom is 0.310 e. The van der Waals surface area contributed by atoms with E-state index in [-0.39, 0.29) is 18.9 Å². The van der Waals surface area contributed by atoms with Gasteiger partial charge in [-0.25, -0.2) is 0 Å². The number of carbonyl (C=O) groups is 2. The van der Waals surface area contributed by atoms with E-state index in [9.17, 15) is 9.59 Å². The van der Waals surface area contributed by atoms with Gasteiger partial charge >= 0.3 is 5.97 Å². The van der Waals surface area contributed by atoms with Gasteiger partial charge in [0, 0.05) is 24.0 Å². The lowest BCUT2D eigenvalue weighted by Gasteiger charge is -2.30. The standard InChI is InChI=1S/C20H25NO4/c1-13-5-4-8-21(10-13)18(22)12-24-19(23)9-16-11-25-20-15(3)14(2)6-7-17(16)20/h6-7,11,13H,4-5,8-10,12H2,1-3H3/t13-/m1/s1. The lowest BCUT2D eigenvalue weighted by molar-refractivity contribution is -0.152. The summed E-state index contributed by atoms with van der Waals surface area (Å²) in [5, 5.41) is 0.927. The predicted octanol–water partition coefficient (Wildman–Crippen LogP) is 3.39. The Morgan fingerprint density at radius 1 is 1.32 bits per heavy atom. The summed E-state index contributed by atoms with van der Waals surface area (Å²) in [6, 6.07) is 3.98. The molecule has 1 aromatic heterocycles. The average molecular weight is 343 g/mol. The predicted molar refractivity (Wildman–Crippen MR) is 95.3 cm³/mol. The first-order valence-electron chi connectivity index (χ1n) is 8.85. The fourth-order valence-electron chi connectivity index (χ4n) is 3.38.